The number of rotatable bonds is 8. The summed E-state index contributed by atoms with van der Waals surface area (Å²) >= 11 is 0. The van der Waals surface area contributed by atoms with Crippen molar-refractivity contribution in [2.24, 2.45) is 0 Å². The third kappa shape index (κ3) is 4.68. The van der Waals surface area contributed by atoms with Crippen LogP contribution in [-0.2, 0) is 21.3 Å². The molecule has 0 spiro atoms. The van der Waals surface area contributed by atoms with Gasteiger partial charge in [-0.1, -0.05) is 30.3 Å². The number of aromatic nitrogens is 2. The largest absolute Gasteiger partial charge is 0.462 e. The number of esters is 1. The fourth-order valence-corrected chi connectivity index (χ4v) is 4.69. The van der Waals surface area contributed by atoms with E-state index in [4.69, 9.17) is 4.74 Å². The Bertz CT molecular complexity index is 1420. The van der Waals surface area contributed by atoms with Crippen LogP contribution in [0, 0.1) is 0 Å². The maximum Gasteiger partial charge on any atom is 0.338 e. The van der Waals surface area contributed by atoms with Crippen LogP contribution in [-0.4, -0.2) is 37.6 Å². The zero-order valence-corrected chi connectivity index (χ0v) is 18.8. The molecule has 4 rings (SSSR count). The molecule has 3 aromatic carbocycles. The van der Waals surface area contributed by atoms with Crippen molar-refractivity contribution in [1.29, 1.82) is 0 Å². The van der Waals surface area contributed by atoms with Crippen LogP contribution in [0.15, 0.2) is 88.6 Å². The number of anilines is 1. The van der Waals surface area contributed by atoms with Crippen molar-refractivity contribution in [3.63, 3.8) is 0 Å². The molecule has 0 atom stereocenters. The number of fused-ring (bicyclic) bond motifs is 1. The first-order valence-corrected chi connectivity index (χ1v) is 11.8. The number of carbonyl (C=O) groups is 1. The van der Waals surface area contributed by atoms with E-state index in [1.165, 1.54) is 35.6 Å². The van der Waals surface area contributed by atoms with Gasteiger partial charge < -0.3 is 9.72 Å². The molecule has 0 aliphatic rings. The highest BCUT2D eigenvalue weighted by Crippen LogP contribution is 2.22. The summed E-state index contributed by atoms with van der Waals surface area (Å²) in [6.07, 6.45) is 0.460. The van der Waals surface area contributed by atoms with Crippen LogP contribution in [0.2, 0.25) is 0 Å². The number of aromatic amines is 1. The molecular weight excluding hydrogens is 442 g/mol. The van der Waals surface area contributed by atoms with Crippen molar-refractivity contribution >= 4 is 32.7 Å². The predicted octanol–water partition coefficient (Wildman–Crippen LogP) is 3.40. The molecule has 0 amide bonds. The Morgan fingerprint density at radius 1 is 0.970 bits per heavy atom. The maximum absolute atomic E-state index is 12.8. The average Bonchev–Trinajstić information content (AvgIpc) is 3.16. The zero-order chi connectivity index (χ0) is 23.4. The number of imidazole rings is 1. The van der Waals surface area contributed by atoms with Gasteiger partial charge in [-0.05, 0) is 55.0 Å². The first-order chi connectivity index (χ1) is 15.9. The SMILES string of the molecule is CN(c1ccccc1)S(=O)(=O)c1ccc(C(=O)OCCCn2c(=O)[nH]c3ccccc32)cc1. The molecule has 9 heteroatoms. The first kappa shape index (κ1) is 22.3. The number of carbonyl (C=O) groups excluding carboxylic acids is 1. The number of H-pyrrole nitrogens is 1. The Morgan fingerprint density at radius 2 is 1.64 bits per heavy atom. The second-order valence-electron chi connectivity index (χ2n) is 7.42. The van der Waals surface area contributed by atoms with Crippen LogP contribution in [0.4, 0.5) is 5.69 Å². The molecule has 1 heterocycles. The molecule has 0 bridgehead atoms. The summed E-state index contributed by atoms with van der Waals surface area (Å²) < 4.78 is 33.8. The summed E-state index contributed by atoms with van der Waals surface area (Å²) in [5.41, 5.74) is 2.13. The second kappa shape index (κ2) is 9.33. The molecule has 0 unspecified atom stereocenters. The minimum Gasteiger partial charge on any atom is -0.462 e. The van der Waals surface area contributed by atoms with Gasteiger partial charge in [-0.2, -0.15) is 0 Å². The fourth-order valence-electron chi connectivity index (χ4n) is 3.50. The highest BCUT2D eigenvalue weighted by molar-refractivity contribution is 7.92. The number of nitrogens with one attached hydrogen (secondary N) is 1. The lowest BCUT2D eigenvalue weighted by Gasteiger charge is -2.19. The molecular formula is C24H23N3O5S. The van der Waals surface area contributed by atoms with Gasteiger partial charge in [0.25, 0.3) is 10.0 Å². The number of sulfonamides is 1. The minimum absolute atomic E-state index is 0.0733. The lowest BCUT2D eigenvalue weighted by atomic mass is 10.2. The van der Waals surface area contributed by atoms with E-state index in [0.29, 0.717) is 18.7 Å². The zero-order valence-electron chi connectivity index (χ0n) is 18.0. The molecule has 0 saturated carbocycles. The normalized spacial score (nSPS) is 11.4. The van der Waals surface area contributed by atoms with Gasteiger partial charge in [0.1, 0.15) is 0 Å². The van der Waals surface area contributed by atoms with Crippen molar-refractivity contribution in [2.75, 3.05) is 18.0 Å². The van der Waals surface area contributed by atoms with Gasteiger partial charge in [0.15, 0.2) is 0 Å². The summed E-state index contributed by atoms with van der Waals surface area (Å²) in [4.78, 5) is 27.3. The number of hydrogen-bond donors (Lipinski definition) is 1. The molecule has 1 aromatic heterocycles. The van der Waals surface area contributed by atoms with E-state index in [1.807, 2.05) is 30.3 Å². The summed E-state index contributed by atoms with van der Waals surface area (Å²) in [5.74, 6) is -0.554. The van der Waals surface area contributed by atoms with Crippen molar-refractivity contribution in [3.8, 4) is 0 Å². The van der Waals surface area contributed by atoms with Gasteiger partial charge in [0.2, 0.25) is 0 Å². The number of benzene rings is 3. The molecule has 0 radical (unpaired) electrons. The Kier molecular flexibility index (Phi) is 6.32. The molecule has 0 saturated heterocycles. The van der Waals surface area contributed by atoms with Crippen LogP contribution < -0.4 is 9.99 Å². The van der Waals surface area contributed by atoms with Gasteiger partial charge in [-0.3, -0.25) is 8.87 Å². The Morgan fingerprint density at radius 3 is 2.36 bits per heavy atom. The van der Waals surface area contributed by atoms with E-state index in [2.05, 4.69) is 4.98 Å². The Hall–Kier alpha value is -3.85. The van der Waals surface area contributed by atoms with E-state index in [-0.39, 0.29) is 22.8 Å². The minimum atomic E-state index is -3.76. The topological polar surface area (TPSA) is 101 Å². The molecule has 8 nitrogen and oxygen atoms in total. The summed E-state index contributed by atoms with van der Waals surface area (Å²) in [6.45, 7) is 0.528. The number of para-hydroxylation sites is 3. The van der Waals surface area contributed by atoms with Crippen LogP contribution in [0.3, 0.4) is 0 Å². The third-order valence-corrected chi connectivity index (χ3v) is 7.11. The Labute approximate surface area is 191 Å². The highest BCUT2D eigenvalue weighted by Gasteiger charge is 2.21. The molecule has 170 valence electrons. The highest BCUT2D eigenvalue weighted by atomic mass is 32.2. The average molecular weight is 466 g/mol. The van der Waals surface area contributed by atoms with Crippen LogP contribution in [0.5, 0.6) is 0 Å². The molecule has 4 aromatic rings. The first-order valence-electron chi connectivity index (χ1n) is 10.4. The van der Waals surface area contributed by atoms with Crippen molar-refractivity contribution in [2.45, 2.75) is 17.9 Å². The monoisotopic (exact) mass is 465 g/mol. The number of aryl methyl sites for hydroxylation is 1. The smallest absolute Gasteiger partial charge is 0.338 e. The van der Waals surface area contributed by atoms with E-state index in [9.17, 15) is 18.0 Å². The predicted molar refractivity (Wildman–Crippen MR) is 126 cm³/mol. The number of ether oxygens (including phenoxy) is 1. The van der Waals surface area contributed by atoms with Gasteiger partial charge in [0, 0.05) is 13.6 Å². The van der Waals surface area contributed by atoms with E-state index in [0.717, 1.165) is 11.0 Å². The summed E-state index contributed by atoms with van der Waals surface area (Å²) in [5, 5.41) is 0. The van der Waals surface area contributed by atoms with Crippen molar-refractivity contribution in [1.82, 2.24) is 9.55 Å². The van der Waals surface area contributed by atoms with Gasteiger partial charge in [0.05, 0.1) is 33.8 Å². The Balaban J connectivity index is 1.35. The van der Waals surface area contributed by atoms with E-state index in [1.54, 1.807) is 28.8 Å². The molecule has 0 aliphatic carbocycles. The summed E-state index contributed by atoms with van der Waals surface area (Å²) in [7, 11) is -2.28. The standard InChI is InChI=1S/C24H23N3O5S/c1-26(19-8-3-2-4-9-19)33(30,31)20-14-12-18(13-15-20)23(28)32-17-7-16-27-22-11-6-5-10-21(22)25-24(27)29/h2-6,8-15H,7,16-17H2,1H3,(H,25,29). The van der Waals surface area contributed by atoms with E-state index < -0.39 is 16.0 Å². The van der Waals surface area contributed by atoms with Crippen LogP contribution >= 0.6 is 0 Å². The summed E-state index contributed by atoms with van der Waals surface area (Å²) in [6, 6.07) is 21.7. The lowest BCUT2D eigenvalue weighted by molar-refractivity contribution is 0.0496. The quantitative estimate of drug-likeness (QED) is 0.317. The van der Waals surface area contributed by atoms with Gasteiger partial charge in [-0.15, -0.1) is 0 Å². The number of nitrogens with zero attached hydrogens (tertiary/aromatic N) is 2. The fraction of sp³-hybridized carbons (Fsp3) is 0.167. The molecule has 0 aliphatic heterocycles. The molecule has 33 heavy (non-hydrogen) atoms. The maximum atomic E-state index is 12.8. The third-order valence-electron chi connectivity index (χ3n) is 5.31. The van der Waals surface area contributed by atoms with Crippen molar-refractivity contribution in [3.05, 3.63) is 94.9 Å². The van der Waals surface area contributed by atoms with E-state index >= 15 is 0 Å². The van der Waals surface area contributed by atoms with Crippen LogP contribution in [0.25, 0.3) is 11.0 Å². The lowest BCUT2D eigenvalue weighted by Crippen LogP contribution is -2.26. The number of hydrogen-bond acceptors (Lipinski definition) is 5. The van der Waals surface area contributed by atoms with Crippen molar-refractivity contribution < 1.29 is 17.9 Å². The second-order valence-corrected chi connectivity index (χ2v) is 9.39. The molecule has 0 fully saturated rings. The van der Waals surface area contributed by atoms with Gasteiger partial charge in [-0.25, -0.2) is 18.0 Å². The molecule has 1 N–H and O–H groups in total. The van der Waals surface area contributed by atoms with Crippen LogP contribution in [0.1, 0.15) is 16.8 Å². The van der Waals surface area contributed by atoms with Gasteiger partial charge >= 0.3 is 11.7 Å².